The Morgan fingerprint density at radius 3 is 2.61 bits per heavy atom. The molecule has 3 nitrogen and oxygen atoms in total. The van der Waals surface area contributed by atoms with E-state index in [1.165, 1.54) is 38.5 Å². The summed E-state index contributed by atoms with van der Waals surface area (Å²) in [5, 5.41) is 0. The molecule has 4 aliphatic carbocycles. The average Bonchev–Trinajstić information content (AvgIpc) is 2.74. The molecule has 0 saturated heterocycles. The highest BCUT2D eigenvalue weighted by Gasteiger charge is 2.57. The molecule has 0 aromatic carbocycles. The molecular formula is C15H22N2O. The van der Waals surface area contributed by atoms with E-state index >= 15 is 0 Å². The number of hydrogen-bond donors (Lipinski definition) is 1. The number of hydrogen-bond acceptors (Lipinski definition) is 3. The van der Waals surface area contributed by atoms with Gasteiger partial charge < -0.3 is 10.2 Å². The normalized spacial score (nSPS) is 45.7. The van der Waals surface area contributed by atoms with Crippen molar-refractivity contribution in [3.05, 3.63) is 17.8 Å². The van der Waals surface area contributed by atoms with Gasteiger partial charge in [0.2, 0.25) is 5.89 Å². The fourth-order valence-electron chi connectivity index (χ4n) is 5.66. The van der Waals surface area contributed by atoms with Gasteiger partial charge in [-0.1, -0.05) is 6.92 Å². The lowest BCUT2D eigenvalue weighted by Gasteiger charge is -2.60. The van der Waals surface area contributed by atoms with Crippen LogP contribution in [0.1, 0.15) is 57.1 Å². The first-order valence-electron chi connectivity index (χ1n) is 7.26. The van der Waals surface area contributed by atoms with Crippen LogP contribution in [0.15, 0.2) is 10.6 Å². The van der Waals surface area contributed by atoms with Crippen LogP contribution in [0.3, 0.4) is 0 Å². The SMILES string of the molecule is CC12CC3CC(C1)CC(c1cnc(CN)o1)(C3)C2. The minimum atomic E-state index is 0.291. The van der Waals surface area contributed by atoms with E-state index < -0.39 is 0 Å². The second-order valence-corrected chi connectivity index (χ2v) is 7.37. The highest BCUT2D eigenvalue weighted by atomic mass is 16.4. The van der Waals surface area contributed by atoms with Gasteiger partial charge in [-0.3, -0.25) is 0 Å². The third kappa shape index (κ3) is 1.43. The number of nitrogens with two attached hydrogens (primary N) is 1. The summed E-state index contributed by atoms with van der Waals surface area (Å²) in [6.07, 6.45) is 10.2. The van der Waals surface area contributed by atoms with Crippen molar-refractivity contribution in [2.75, 3.05) is 0 Å². The molecule has 4 saturated carbocycles. The minimum Gasteiger partial charge on any atom is -0.444 e. The molecule has 4 bridgehead atoms. The summed E-state index contributed by atoms with van der Waals surface area (Å²) >= 11 is 0. The van der Waals surface area contributed by atoms with Crippen molar-refractivity contribution in [3.8, 4) is 0 Å². The molecule has 4 fully saturated rings. The van der Waals surface area contributed by atoms with E-state index in [0.717, 1.165) is 17.6 Å². The number of nitrogens with zero attached hydrogens (tertiary/aromatic N) is 1. The topological polar surface area (TPSA) is 52.0 Å². The van der Waals surface area contributed by atoms with E-state index in [-0.39, 0.29) is 0 Å². The van der Waals surface area contributed by atoms with Gasteiger partial charge in [-0.25, -0.2) is 4.98 Å². The summed E-state index contributed by atoms with van der Waals surface area (Å²) in [7, 11) is 0. The van der Waals surface area contributed by atoms with Crippen LogP contribution in [0.2, 0.25) is 0 Å². The van der Waals surface area contributed by atoms with Crippen molar-refractivity contribution in [2.45, 2.75) is 57.4 Å². The first kappa shape index (κ1) is 11.0. The molecule has 0 amide bonds. The highest BCUT2D eigenvalue weighted by molar-refractivity contribution is 5.21. The van der Waals surface area contributed by atoms with Gasteiger partial charge in [-0.15, -0.1) is 0 Å². The second-order valence-electron chi connectivity index (χ2n) is 7.37. The third-order valence-electron chi connectivity index (χ3n) is 5.60. The van der Waals surface area contributed by atoms with Crippen molar-refractivity contribution in [3.63, 3.8) is 0 Å². The third-order valence-corrected chi connectivity index (χ3v) is 5.60. The maximum Gasteiger partial charge on any atom is 0.208 e. The zero-order valence-corrected chi connectivity index (χ0v) is 11.1. The van der Waals surface area contributed by atoms with E-state index in [2.05, 4.69) is 11.9 Å². The van der Waals surface area contributed by atoms with Crippen LogP contribution in [0.4, 0.5) is 0 Å². The molecule has 5 rings (SSSR count). The van der Waals surface area contributed by atoms with E-state index in [1.807, 2.05) is 6.20 Å². The molecular weight excluding hydrogens is 224 g/mol. The van der Waals surface area contributed by atoms with Gasteiger partial charge in [0.25, 0.3) is 0 Å². The maximum atomic E-state index is 5.93. The molecule has 0 spiro atoms. The molecule has 1 aromatic rings. The maximum absolute atomic E-state index is 5.93. The largest absolute Gasteiger partial charge is 0.444 e. The summed E-state index contributed by atoms with van der Waals surface area (Å²) in [6, 6.07) is 0. The lowest BCUT2D eigenvalue weighted by atomic mass is 9.44. The molecule has 2 unspecified atom stereocenters. The van der Waals surface area contributed by atoms with Gasteiger partial charge >= 0.3 is 0 Å². The summed E-state index contributed by atoms with van der Waals surface area (Å²) < 4.78 is 5.93. The Labute approximate surface area is 108 Å². The fourth-order valence-corrected chi connectivity index (χ4v) is 5.66. The van der Waals surface area contributed by atoms with Crippen LogP contribution in [-0.2, 0) is 12.0 Å². The first-order chi connectivity index (χ1) is 8.61. The van der Waals surface area contributed by atoms with Gasteiger partial charge in [0.1, 0.15) is 5.76 Å². The molecule has 4 aliphatic rings. The van der Waals surface area contributed by atoms with Crippen molar-refractivity contribution in [1.82, 2.24) is 4.98 Å². The van der Waals surface area contributed by atoms with Crippen molar-refractivity contribution >= 4 is 0 Å². The summed E-state index contributed by atoms with van der Waals surface area (Å²) in [5.74, 6) is 3.67. The second kappa shape index (κ2) is 3.38. The van der Waals surface area contributed by atoms with Crippen LogP contribution in [0, 0.1) is 17.3 Å². The van der Waals surface area contributed by atoms with E-state index in [1.54, 1.807) is 0 Å². The zero-order chi connectivity index (χ0) is 12.4. The number of rotatable bonds is 2. The van der Waals surface area contributed by atoms with Gasteiger partial charge in [-0.05, 0) is 55.8 Å². The Hall–Kier alpha value is -0.830. The molecule has 98 valence electrons. The highest BCUT2D eigenvalue weighted by Crippen LogP contribution is 2.65. The van der Waals surface area contributed by atoms with Gasteiger partial charge in [-0.2, -0.15) is 0 Å². The Morgan fingerprint density at radius 2 is 2.06 bits per heavy atom. The molecule has 0 aliphatic heterocycles. The molecule has 2 atom stereocenters. The standard InChI is InChI=1S/C15H22N2O/c1-14-3-10-2-11(4-14)6-15(5-10,9-14)12-8-17-13(7-16)18-12/h8,10-11H,2-7,9,16H2,1H3. The van der Waals surface area contributed by atoms with Gasteiger partial charge in [0, 0.05) is 5.41 Å². The Kier molecular flexibility index (Phi) is 2.07. The lowest BCUT2D eigenvalue weighted by molar-refractivity contribution is -0.0692. The molecule has 18 heavy (non-hydrogen) atoms. The van der Waals surface area contributed by atoms with Crippen molar-refractivity contribution in [2.24, 2.45) is 23.0 Å². The van der Waals surface area contributed by atoms with Gasteiger partial charge in [0.05, 0.1) is 12.7 Å². The van der Waals surface area contributed by atoms with Crippen molar-refractivity contribution in [1.29, 1.82) is 0 Å². The Morgan fingerprint density at radius 1 is 1.33 bits per heavy atom. The number of aromatic nitrogens is 1. The molecule has 3 heteroatoms. The molecule has 1 aromatic heterocycles. The fraction of sp³-hybridized carbons (Fsp3) is 0.800. The smallest absolute Gasteiger partial charge is 0.208 e. The van der Waals surface area contributed by atoms with Crippen molar-refractivity contribution < 1.29 is 4.42 Å². The molecule has 2 N–H and O–H groups in total. The zero-order valence-electron chi connectivity index (χ0n) is 11.1. The summed E-state index contributed by atoms with van der Waals surface area (Å²) in [5.41, 5.74) is 6.47. The Balaban J connectivity index is 1.74. The Bertz CT molecular complexity index is 465. The predicted octanol–water partition coefficient (Wildman–Crippen LogP) is 2.99. The van der Waals surface area contributed by atoms with Crippen LogP contribution in [0.5, 0.6) is 0 Å². The van der Waals surface area contributed by atoms with Crippen LogP contribution in [-0.4, -0.2) is 4.98 Å². The van der Waals surface area contributed by atoms with Crippen LogP contribution in [0.25, 0.3) is 0 Å². The summed E-state index contributed by atoms with van der Waals surface area (Å²) in [6.45, 7) is 2.90. The van der Waals surface area contributed by atoms with Crippen LogP contribution >= 0.6 is 0 Å². The van der Waals surface area contributed by atoms with Gasteiger partial charge in [0.15, 0.2) is 0 Å². The number of oxazole rings is 1. The first-order valence-corrected chi connectivity index (χ1v) is 7.26. The molecule has 0 radical (unpaired) electrons. The van der Waals surface area contributed by atoms with E-state index in [4.69, 9.17) is 10.2 Å². The monoisotopic (exact) mass is 246 g/mol. The lowest BCUT2D eigenvalue weighted by Crippen LogP contribution is -2.52. The van der Waals surface area contributed by atoms with Crippen LogP contribution < -0.4 is 5.73 Å². The predicted molar refractivity (Wildman–Crippen MR) is 68.9 cm³/mol. The van der Waals surface area contributed by atoms with E-state index in [0.29, 0.717) is 23.3 Å². The summed E-state index contributed by atoms with van der Waals surface area (Å²) in [4.78, 5) is 4.32. The minimum absolute atomic E-state index is 0.291. The average molecular weight is 246 g/mol. The molecule has 1 heterocycles. The quantitative estimate of drug-likeness (QED) is 0.872. The van der Waals surface area contributed by atoms with E-state index in [9.17, 15) is 0 Å².